The van der Waals surface area contributed by atoms with Gasteiger partial charge in [-0.1, -0.05) is 32.9 Å². The van der Waals surface area contributed by atoms with Gasteiger partial charge in [0.2, 0.25) is 0 Å². The van der Waals surface area contributed by atoms with E-state index in [1.165, 1.54) is 42.7 Å². The van der Waals surface area contributed by atoms with Crippen molar-refractivity contribution in [3.05, 3.63) is 59.4 Å². The summed E-state index contributed by atoms with van der Waals surface area (Å²) in [6, 6.07) is 11.7. The van der Waals surface area contributed by atoms with Crippen LogP contribution in [0.15, 0.2) is 42.5 Å². The van der Waals surface area contributed by atoms with Crippen LogP contribution in [0.4, 0.5) is 10.2 Å². The molecule has 1 N–H and O–H groups in total. The van der Waals surface area contributed by atoms with Crippen LogP contribution in [0.5, 0.6) is 0 Å². The van der Waals surface area contributed by atoms with Gasteiger partial charge >= 0.3 is 0 Å². The summed E-state index contributed by atoms with van der Waals surface area (Å²) in [5.74, 6) is 0.415. The van der Waals surface area contributed by atoms with Gasteiger partial charge in [-0.25, -0.2) is 4.39 Å². The molecule has 0 radical (unpaired) electrons. The minimum atomic E-state index is -1.86. The molecule has 3 aromatic rings. The van der Waals surface area contributed by atoms with E-state index in [-0.39, 0.29) is 16.8 Å². The molecule has 1 aliphatic rings. The van der Waals surface area contributed by atoms with Gasteiger partial charge in [0.25, 0.3) is 5.91 Å². The van der Waals surface area contributed by atoms with Crippen molar-refractivity contribution >= 4 is 30.9 Å². The van der Waals surface area contributed by atoms with Crippen molar-refractivity contribution in [2.75, 3.05) is 11.9 Å². The second-order valence-corrected chi connectivity index (χ2v) is 15.0. The number of fused-ring (bicyclic) bond motifs is 1. The molecule has 32 heavy (non-hydrogen) atoms. The molecule has 4 rings (SSSR count). The molecule has 7 heteroatoms. The monoisotopic (exact) mass is 453 g/mol. The average Bonchev–Trinajstić information content (AvgIpc) is 3.51. The van der Waals surface area contributed by atoms with Crippen LogP contribution in [-0.4, -0.2) is 30.6 Å². The van der Waals surface area contributed by atoms with Gasteiger partial charge in [0.1, 0.15) is 5.82 Å². The van der Waals surface area contributed by atoms with Crippen LogP contribution in [0.2, 0.25) is 18.1 Å². The number of benzene rings is 2. The van der Waals surface area contributed by atoms with Gasteiger partial charge in [-0.2, -0.15) is 5.10 Å². The highest BCUT2D eigenvalue weighted by atomic mass is 28.4. The van der Waals surface area contributed by atoms with Crippen molar-refractivity contribution in [3.63, 3.8) is 0 Å². The zero-order valence-electron chi connectivity index (χ0n) is 19.5. The molecule has 170 valence electrons. The lowest BCUT2D eigenvalue weighted by atomic mass is 10.1. The lowest BCUT2D eigenvalue weighted by Crippen LogP contribution is -2.41. The number of amides is 1. The second kappa shape index (κ2) is 8.44. The van der Waals surface area contributed by atoms with Crippen LogP contribution in [0.3, 0.4) is 0 Å². The number of carbonyl (C=O) groups excluding carboxylic acids is 1. The number of nitrogens with zero attached hydrogens (tertiary/aromatic N) is 2. The molecule has 0 spiro atoms. The van der Waals surface area contributed by atoms with E-state index < -0.39 is 8.32 Å². The normalized spacial score (nSPS) is 14.7. The van der Waals surface area contributed by atoms with Crippen molar-refractivity contribution in [3.8, 4) is 0 Å². The predicted molar refractivity (Wildman–Crippen MR) is 129 cm³/mol. The number of hydrogen-bond acceptors (Lipinski definition) is 3. The quantitative estimate of drug-likeness (QED) is 0.426. The zero-order chi connectivity index (χ0) is 23.1. The first-order valence-electron chi connectivity index (χ1n) is 11.3. The van der Waals surface area contributed by atoms with Gasteiger partial charge in [0, 0.05) is 10.9 Å². The lowest BCUT2D eigenvalue weighted by molar-refractivity contribution is 0.102. The Balaban J connectivity index is 1.62. The third kappa shape index (κ3) is 4.64. The van der Waals surface area contributed by atoms with E-state index in [0.29, 0.717) is 30.5 Å². The van der Waals surface area contributed by atoms with Gasteiger partial charge < -0.3 is 9.74 Å². The Hall–Kier alpha value is -2.51. The Bertz CT molecular complexity index is 1130. The fourth-order valence-corrected chi connectivity index (χ4v) is 4.66. The minimum Gasteiger partial charge on any atom is -0.415 e. The highest BCUT2D eigenvalue weighted by molar-refractivity contribution is 6.74. The summed E-state index contributed by atoms with van der Waals surface area (Å²) in [6.07, 6.45) is 2.37. The highest BCUT2D eigenvalue weighted by Crippen LogP contribution is 2.44. The Kier molecular flexibility index (Phi) is 5.98. The number of nitrogens with one attached hydrogen (secondary N) is 1. The number of para-hydroxylation sites is 1. The van der Waals surface area contributed by atoms with Gasteiger partial charge in [-0.15, -0.1) is 0 Å². The molecule has 1 fully saturated rings. The Morgan fingerprint density at radius 1 is 1.19 bits per heavy atom. The van der Waals surface area contributed by atoms with Crippen molar-refractivity contribution in [2.45, 2.75) is 64.2 Å². The second-order valence-electron chi connectivity index (χ2n) is 10.2. The molecule has 1 amide bonds. The summed E-state index contributed by atoms with van der Waals surface area (Å²) in [4.78, 5) is 12.8. The van der Waals surface area contributed by atoms with Gasteiger partial charge in [-0.3, -0.25) is 9.48 Å². The van der Waals surface area contributed by atoms with Crippen LogP contribution in [0, 0.1) is 5.82 Å². The van der Waals surface area contributed by atoms with Crippen LogP contribution in [0.1, 0.15) is 55.5 Å². The largest absolute Gasteiger partial charge is 0.415 e. The molecule has 1 aromatic heterocycles. The van der Waals surface area contributed by atoms with Crippen molar-refractivity contribution in [2.24, 2.45) is 0 Å². The molecular weight excluding hydrogens is 421 g/mol. The van der Waals surface area contributed by atoms with Gasteiger partial charge in [-0.05, 0) is 72.8 Å². The van der Waals surface area contributed by atoms with E-state index >= 15 is 0 Å². The number of aromatic nitrogens is 2. The van der Waals surface area contributed by atoms with E-state index in [2.05, 4.69) is 45.2 Å². The van der Waals surface area contributed by atoms with E-state index in [9.17, 15) is 9.18 Å². The first kappa shape index (κ1) is 22.7. The van der Waals surface area contributed by atoms with E-state index in [1.807, 2.05) is 16.8 Å². The molecular formula is C25H32FN3O2Si. The molecule has 1 aliphatic carbocycles. The molecule has 0 atom stereocenters. The zero-order valence-corrected chi connectivity index (χ0v) is 20.5. The number of hydrogen-bond donors (Lipinski definition) is 1. The fourth-order valence-electron chi connectivity index (χ4n) is 3.63. The molecule has 1 saturated carbocycles. The maximum Gasteiger partial charge on any atom is 0.256 e. The fraction of sp³-hybridized carbons (Fsp3) is 0.440. The topological polar surface area (TPSA) is 56.1 Å². The smallest absolute Gasteiger partial charge is 0.256 e. The van der Waals surface area contributed by atoms with Gasteiger partial charge in [0.15, 0.2) is 14.1 Å². The number of anilines is 1. The summed E-state index contributed by atoms with van der Waals surface area (Å²) < 4.78 is 21.6. The number of carbonyl (C=O) groups is 1. The average molecular weight is 454 g/mol. The number of rotatable bonds is 7. The molecule has 0 saturated heterocycles. The first-order valence-corrected chi connectivity index (χ1v) is 14.2. The molecule has 0 unspecified atom stereocenters. The molecule has 1 heterocycles. The maximum atomic E-state index is 13.2. The van der Waals surface area contributed by atoms with E-state index in [4.69, 9.17) is 9.52 Å². The Labute approximate surface area is 190 Å². The van der Waals surface area contributed by atoms with Crippen LogP contribution >= 0.6 is 0 Å². The van der Waals surface area contributed by atoms with Crippen LogP contribution in [-0.2, 0) is 11.0 Å². The van der Waals surface area contributed by atoms with E-state index in [0.717, 1.165) is 10.9 Å². The third-order valence-corrected chi connectivity index (χ3v) is 11.3. The van der Waals surface area contributed by atoms with Crippen LogP contribution in [0.25, 0.3) is 10.9 Å². The standard InChI is InChI=1S/C25H32FN3O2Si/c1-25(2,3)32(4,5)31-16-15-29-22-20(17-9-10-17)7-6-8-21(22)23(28-29)27-24(30)18-11-13-19(26)14-12-18/h6-8,11-14,17H,9-10,15-16H2,1-5H3,(H,27,28,30). The highest BCUT2D eigenvalue weighted by Gasteiger charge is 2.37. The molecule has 5 nitrogen and oxygen atoms in total. The number of halogens is 1. The van der Waals surface area contributed by atoms with Crippen LogP contribution < -0.4 is 5.32 Å². The van der Waals surface area contributed by atoms with Crippen molar-refractivity contribution in [1.29, 1.82) is 0 Å². The van der Waals surface area contributed by atoms with Crippen molar-refractivity contribution < 1.29 is 13.6 Å². The molecule has 2 aromatic carbocycles. The Morgan fingerprint density at radius 2 is 1.88 bits per heavy atom. The maximum absolute atomic E-state index is 13.2. The van der Waals surface area contributed by atoms with Gasteiger partial charge in [0.05, 0.1) is 18.7 Å². The predicted octanol–water partition coefficient (Wildman–Crippen LogP) is 6.33. The Morgan fingerprint density at radius 3 is 2.50 bits per heavy atom. The summed E-state index contributed by atoms with van der Waals surface area (Å²) in [6.45, 7) is 12.4. The first-order chi connectivity index (χ1) is 15.1. The van der Waals surface area contributed by atoms with E-state index in [1.54, 1.807) is 0 Å². The third-order valence-electron chi connectivity index (χ3n) is 6.73. The summed E-state index contributed by atoms with van der Waals surface area (Å²) in [5, 5.41) is 8.78. The minimum absolute atomic E-state index is 0.145. The SMILES string of the molecule is CC(C)(C)[Si](C)(C)OCCn1nc(NC(=O)c2ccc(F)cc2)c2cccc(C3CC3)c21. The summed E-state index contributed by atoms with van der Waals surface area (Å²) in [5.41, 5.74) is 2.75. The molecule has 0 aliphatic heterocycles. The summed E-state index contributed by atoms with van der Waals surface area (Å²) >= 11 is 0. The van der Waals surface area contributed by atoms with Crippen molar-refractivity contribution in [1.82, 2.24) is 9.78 Å². The lowest BCUT2D eigenvalue weighted by Gasteiger charge is -2.36. The molecule has 0 bridgehead atoms. The summed E-state index contributed by atoms with van der Waals surface area (Å²) in [7, 11) is -1.86.